The van der Waals surface area contributed by atoms with Crippen LogP contribution in [-0.2, 0) is 4.79 Å². The van der Waals surface area contributed by atoms with Gasteiger partial charge in [0.2, 0.25) is 5.91 Å². The van der Waals surface area contributed by atoms with Crippen molar-refractivity contribution in [2.75, 3.05) is 5.32 Å². The zero-order valence-electron chi connectivity index (χ0n) is 12.8. The highest BCUT2D eigenvalue weighted by molar-refractivity contribution is 7.22. The predicted octanol–water partition coefficient (Wildman–Crippen LogP) is 5.22. The van der Waals surface area contributed by atoms with E-state index in [9.17, 15) is 9.18 Å². The number of aryl methyl sites for hydroxylation is 1. The maximum atomic E-state index is 13.0. The van der Waals surface area contributed by atoms with Crippen LogP contribution in [0.3, 0.4) is 0 Å². The predicted molar refractivity (Wildman–Crippen MR) is 96.4 cm³/mol. The third-order valence-electron chi connectivity index (χ3n) is 4.18. The number of anilines is 1. The average Bonchev–Trinajstić information content (AvgIpc) is 3.13. The molecule has 1 aliphatic carbocycles. The van der Waals surface area contributed by atoms with Gasteiger partial charge in [-0.15, -0.1) is 0 Å². The number of fused-ring (bicyclic) bond motifs is 1. The summed E-state index contributed by atoms with van der Waals surface area (Å²) in [6.07, 6.45) is -0.693. The first-order chi connectivity index (χ1) is 11.5. The molecule has 0 saturated heterocycles. The van der Waals surface area contributed by atoms with Crippen LogP contribution in [0.25, 0.3) is 21.3 Å². The van der Waals surface area contributed by atoms with Crippen LogP contribution >= 0.6 is 22.9 Å². The van der Waals surface area contributed by atoms with Crippen molar-refractivity contribution in [3.63, 3.8) is 0 Å². The molecule has 1 aliphatic rings. The summed E-state index contributed by atoms with van der Waals surface area (Å²) in [5, 5.41) is 3.91. The normalized spacial score (nSPS) is 19.5. The molecule has 122 valence electrons. The zero-order chi connectivity index (χ0) is 16.8. The van der Waals surface area contributed by atoms with Gasteiger partial charge in [0.05, 0.1) is 16.1 Å². The largest absolute Gasteiger partial charge is 0.302 e. The lowest BCUT2D eigenvalue weighted by atomic mass is 10.0. The zero-order valence-corrected chi connectivity index (χ0v) is 14.4. The number of nitrogens with one attached hydrogen (secondary N) is 1. The van der Waals surface area contributed by atoms with Gasteiger partial charge in [0, 0.05) is 10.6 Å². The number of amides is 1. The molecule has 2 unspecified atom stereocenters. The maximum absolute atomic E-state index is 13.0. The van der Waals surface area contributed by atoms with E-state index in [0.29, 0.717) is 16.6 Å². The number of carbonyl (C=O) groups excluding carboxylic acids is 1. The number of hydrogen-bond acceptors (Lipinski definition) is 3. The van der Waals surface area contributed by atoms with Crippen molar-refractivity contribution < 1.29 is 9.18 Å². The van der Waals surface area contributed by atoms with Crippen LogP contribution in [0.1, 0.15) is 12.0 Å². The first kappa shape index (κ1) is 15.5. The Morgan fingerprint density at radius 2 is 2.17 bits per heavy atom. The fraction of sp³-hybridized carbons (Fsp3) is 0.222. The molecule has 1 heterocycles. The van der Waals surface area contributed by atoms with Crippen LogP contribution in [0.2, 0.25) is 5.02 Å². The van der Waals surface area contributed by atoms with E-state index in [-0.39, 0.29) is 5.91 Å². The Balaban J connectivity index is 1.67. The SMILES string of the molecule is Cc1cccc(Cl)c1-c1ccc2nc(NC(=O)C3CC3F)sc2c1. The molecule has 1 fully saturated rings. The third-order valence-corrected chi connectivity index (χ3v) is 5.43. The van der Waals surface area contributed by atoms with Gasteiger partial charge >= 0.3 is 0 Å². The Kier molecular flexibility index (Phi) is 3.77. The van der Waals surface area contributed by atoms with E-state index < -0.39 is 12.1 Å². The highest BCUT2D eigenvalue weighted by Crippen LogP contribution is 2.37. The summed E-state index contributed by atoms with van der Waals surface area (Å²) in [5.74, 6) is -0.804. The molecule has 4 rings (SSSR count). The van der Waals surface area contributed by atoms with Crippen molar-refractivity contribution in [3.05, 3.63) is 47.0 Å². The van der Waals surface area contributed by atoms with Crippen molar-refractivity contribution >= 4 is 44.2 Å². The van der Waals surface area contributed by atoms with Crippen LogP contribution in [0.4, 0.5) is 9.52 Å². The molecule has 24 heavy (non-hydrogen) atoms. The van der Waals surface area contributed by atoms with E-state index in [4.69, 9.17) is 11.6 Å². The summed E-state index contributed by atoms with van der Waals surface area (Å²) in [7, 11) is 0. The minimum Gasteiger partial charge on any atom is -0.302 e. The molecule has 0 aliphatic heterocycles. The molecule has 1 N–H and O–H groups in total. The summed E-state index contributed by atoms with van der Waals surface area (Å²) < 4.78 is 13.9. The van der Waals surface area contributed by atoms with Crippen LogP contribution in [0.15, 0.2) is 36.4 Å². The van der Waals surface area contributed by atoms with E-state index in [1.807, 2.05) is 43.3 Å². The van der Waals surface area contributed by atoms with E-state index in [0.717, 1.165) is 26.9 Å². The molecule has 0 bridgehead atoms. The van der Waals surface area contributed by atoms with Gasteiger partial charge in [0.1, 0.15) is 6.17 Å². The van der Waals surface area contributed by atoms with Gasteiger partial charge in [-0.25, -0.2) is 9.37 Å². The van der Waals surface area contributed by atoms with Crippen LogP contribution in [0, 0.1) is 12.8 Å². The Morgan fingerprint density at radius 3 is 2.88 bits per heavy atom. The fourth-order valence-electron chi connectivity index (χ4n) is 2.76. The third kappa shape index (κ3) is 2.78. The van der Waals surface area contributed by atoms with Crippen molar-refractivity contribution in [2.45, 2.75) is 19.5 Å². The van der Waals surface area contributed by atoms with Gasteiger partial charge in [0.15, 0.2) is 5.13 Å². The fourth-order valence-corrected chi connectivity index (χ4v) is 4.00. The van der Waals surface area contributed by atoms with Crippen molar-refractivity contribution in [1.82, 2.24) is 4.98 Å². The lowest BCUT2D eigenvalue weighted by Gasteiger charge is -2.08. The van der Waals surface area contributed by atoms with Gasteiger partial charge in [0.25, 0.3) is 0 Å². The number of rotatable bonds is 3. The average molecular weight is 361 g/mol. The molecule has 2 atom stereocenters. The number of hydrogen-bond donors (Lipinski definition) is 1. The second kappa shape index (κ2) is 5.83. The van der Waals surface area contributed by atoms with Crippen molar-refractivity contribution in [2.24, 2.45) is 5.92 Å². The summed E-state index contributed by atoms with van der Waals surface area (Å²) in [5.41, 5.74) is 3.91. The maximum Gasteiger partial charge on any atom is 0.232 e. The molecular formula is C18H14ClFN2OS. The van der Waals surface area contributed by atoms with Crippen molar-refractivity contribution in [3.8, 4) is 11.1 Å². The van der Waals surface area contributed by atoms with Crippen molar-refractivity contribution in [1.29, 1.82) is 0 Å². The molecule has 0 spiro atoms. The molecule has 3 nitrogen and oxygen atoms in total. The highest BCUT2D eigenvalue weighted by atomic mass is 35.5. The summed E-state index contributed by atoms with van der Waals surface area (Å²) in [6, 6.07) is 11.7. The van der Waals surface area contributed by atoms with E-state index in [2.05, 4.69) is 10.3 Å². The number of carbonyl (C=O) groups is 1. The lowest BCUT2D eigenvalue weighted by molar-refractivity contribution is -0.117. The molecule has 3 aromatic rings. The van der Waals surface area contributed by atoms with Crippen LogP contribution in [-0.4, -0.2) is 17.1 Å². The molecule has 6 heteroatoms. The quantitative estimate of drug-likeness (QED) is 0.695. The smallest absolute Gasteiger partial charge is 0.232 e. The number of benzene rings is 2. The molecule has 2 aromatic carbocycles. The van der Waals surface area contributed by atoms with E-state index in [1.54, 1.807) is 0 Å². The van der Waals surface area contributed by atoms with Gasteiger partial charge in [-0.3, -0.25) is 4.79 Å². The molecule has 1 amide bonds. The molecule has 1 saturated carbocycles. The Hall–Kier alpha value is -1.98. The van der Waals surface area contributed by atoms with Crippen LogP contribution in [0.5, 0.6) is 0 Å². The number of thiazole rings is 1. The second-order valence-electron chi connectivity index (χ2n) is 5.98. The van der Waals surface area contributed by atoms with Gasteiger partial charge in [-0.2, -0.15) is 0 Å². The van der Waals surface area contributed by atoms with Gasteiger partial charge in [-0.05, 0) is 42.7 Å². The standard InChI is InChI=1S/C18H14ClFN2OS/c1-9-3-2-4-12(19)16(9)10-5-6-14-15(7-10)24-18(21-14)22-17(23)11-8-13(11)20/h2-7,11,13H,8H2,1H3,(H,21,22,23). The minimum absolute atomic E-state index is 0.288. The van der Waals surface area contributed by atoms with Gasteiger partial charge in [-0.1, -0.05) is 41.1 Å². The first-order valence-corrected chi connectivity index (χ1v) is 8.83. The highest BCUT2D eigenvalue weighted by Gasteiger charge is 2.43. The summed E-state index contributed by atoms with van der Waals surface area (Å²) in [6.45, 7) is 2.02. The van der Waals surface area contributed by atoms with Gasteiger partial charge < -0.3 is 5.32 Å². The summed E-state index contributed by atoms with van der Waals surface area (Å²) in [4.78, 5) is 16.2. The van der Waals surface area contributed by atoms with Crippen LogP contribution < -0.4 is 5.32 Å². The number of alkyl halides is 1. The number of nitrogens with zero attached hydrogens (tertiary/aromatic N) is 1. The monoisotopic (exact) mass is 360 g/mol. The number of aromatic nitrogens is 1. The first-order valence-electron chi connectivity index (χ1n) is 7.64. The molecule has 0 radical (unpaired) electrons. The molecular weight excluding hydrogens is 347 g/mol. The minimum atomic E-state index is -1.01. The Labute approximate surface area is 147 Å². The van der Waals surface area contributed by atoms with E-state index >= 15 is 0 Å². The number of halogens is 2. The summed E-state index contributed by atoms with van der Waals surface area (Å²) >= 11 is 7.72. The lowest BCUT2D eigenvalue weighted by Crippen LogP contribution is -2.14. The topological polar surface area (TPSA) is 42.0 Å². The Bertz CT molecular complexity index is 935. The second-order valence-corrected chi connectivity index (χ2v) is 7.42. The Morgan fingerprint density at radius 1 is 1.38 bits per heavy atom. The van der Waals surface area contributed by atoms with E-state index in [1.165, 1.54) is 11.3 Å². The molecule has 1 aromatic heterocycles.